The lowest BCUT2D eigenvalue weighted by molar-refractivity contribution is 0.0948. The summed E-state index contributed by atoms with van der Waals surface area (Å²) < 4.78 is 13.0. The number of halogens is 1. The molecule has 0 heterocycles. The Bertz CT molecular complexity index is 426. The summed E-state index contributed by atoms with van der Waals surface area (Å²) in [5.74, 6) is -0.608. The first kappa shape index (κ1) is 16.0. The molecule has 19 heavy (non-hydrogen) atoms. The van der Waals surface area contributed by atoms with Crippen LogP contribution >= 0.6 is 12.6 Å². The molecule has 0 aromatic heterocycles. The number of rotatable bonds is 7. The molecule has 0 spiro atoms. The molecule has 1 N–H and O–H groups in total. The summed E-state index contributed by atoms with van der Waals surface area (Å²) >= 11 is 3.97. The molecule has 1 aromatic rings. The summed E-state index contributed by atoms with van der Waals surface area (Å²) in [7, 11) is 0. The van der Waals surface area contributed by atoms with Crippen molar-refractivity contribution in [1.82, 2.24) is 10.2 Å². The third-order valence-electron chi connectivity index (χ3n) is 2.91. The average Bonchev–Trinajstić information content (AvgIpc) is 2.40. The number of likely N-dealkylation sites (N-methyl/N-ethyl adjacent to an activating group) is 1. The molecule has 0 aliphatic carbocycles. The minimum absolute atomic E-state index is 0.189. The van der Waals surface area contributed by atoms with Crippen molar-refractivity contribution in [3.8, 4) is 0 Å². The van der Waals surface area contributed by atoms with Crippen molar-refractivity contribution in [3.63, 3.8) is 0 Å². The van der Waals surface area contributed by atoms with E-state index in [0.717, 1.165) is 26.1 Å². The zero-order valence-corrected chi connectivity index (χ0v) is 12.3. The highest BCUT2D eigenvalue weighted by Gasteiger charge is 2.08. The second-order valence-corrected chi connectivity index (χ2v) is 4.84. The topological polar surface area (TPSA) is 32.3 Å². The Morgan fingerprint density at radius 3 is 2.68 bits per heavy atom. The number of carbonyl (C=O) groups excluding carboxylic acids is 1. The lowest BCUT2D eigenvalue weighted by Gasteiger charge is -2.19. The number of hydrogen-bond donors (Lipinski definition) is 2. The zero-order valence-electron chi connectivity index (χ0n) is 11.4. The predicted molar refractivity (Wildman–Crippen MR) is 78.4 cm³/mol. The largest absolute Gasteiger partial charge is 0.351 e. The molecule has 106 valence electrons. The van der Waals surface area contributed by atoms with E-state index in [1.807, 2.05) is 0 Å². The minimum atomic E-state index is -0.417. The molecule has 0 fully saturated rings. The van der Waals surface area contributed by atoms with Crippen molar-refractivity contribution in [2.75, 3.05) is 26.2 Å². The Labute approximate surface area is 119 Å². The van der Waals surface area contributed by atoms with Crippen molar-refractivity contribution in [1.29, 1.82) is 0 Å². The van der Waals surface area contributed by atoms with E-state index in [4.69, 9.17) is 0 Å². The standard InChI is InChI=1S/C14H21FN2OS/c1-3-8-17(4-2)9-7-16-14(18)11-5-6-12(15)13(19)10-11/h5-6,10,19H,3-4,7-9H2,1-2H3,(H,16,18). The zero-order chi connectivity index (χ0) is 14.3. The molecule has 3 nitrogen and oxygen atoms in total. The lowest BCUT2D eigenvalue weighted by atomic mass is 10.2. The molecule has 0 saturated heterocycles. The number of hydrogen-bond acceptors (Lipinski definition) is 3. The molecule has 0 bridgehead atoms. The van der Waals surface area contributed by atoms with E-state index in [-0.39, 0.29) is 10.8 Å². The minimum Gasteiger partial charge on any atom is -0.351 e. The van der Waals surface area contributed by atoms with Gasteiger partial charge in [-0.15, -0.1) is 12.6 Å². The van der Waals surface area contributed by atoms with Gasteiger partial charge in [0.05, 0.1) is 0 Å². The molecular weight excluding hydrogens is 263 g/mol. The van der Waals surface area contributed by atoms with Crippen LogP contribution < -0.4 is 5.32 Å². The van der Waals surface area contributed by atoms with Crippen LogP contribution in [0.15, 0.2) is 23.1 Å². The summed E-state index contributed by atoms with van der Waals surface area (Å²) in [5.41, 5.74) is 0.435. The Morgan fingerprint density at radius 2 is 2.11 bits per heavy atom. The summed E-state index contributed by atoms with van der Waals surface area (Å²) in [6.07, 6.45) is 1.10. The molecule has 5 heteroatoms. The van der Waals surface area contributed by atoms with Crippen molar-refractivity contribution in [2.45, 2.75) is 25.2 Å². The fourth-order valence-corrected chi connectivity index (χ4v) is 2.04. The van der Waals surface area contributed by atoms with E-state index in [0.29, 0.717) is 12.1 Å². The Kier molecular flexibility index (Phi) is 6.87. The second kappa shape index (κ2) is 8.17. The van der Waals surface area contributed by atoms with E-state index < -0.39 is 5.82 Å². The van der Waals surface area contributed by atoms with Crippen molar-refractivity contribution < 1.29 is 9.18 Å². The van der Waals surface area contributed by atoms with E-state index in [9.17, 15) is 9.18 Å². The number of nitrogens with one attached hydrogen (secondary N) is 1. The molecule has 0 aliphatic rings. The number of carbonyl (C=O) groups is 1. The van der Waals surface area contributed by atoms with Gasteiger partial charge in [0, 0.05) is 23.5 Å². The van der Waals surface area contributed by atoms with E-state index >= 15 is 0 Å². The number of amides is 1. The number of thiol groups is 1. The summed E-state index contributed by atoms with van der Waals surface area (Å²) in [5, 5.41) is 2.83. The molecular formula is C14H21FN2OS. The van der Waals surface area contributed by atoms with Crippen molar-refractivity contribution in [3.05, 3.63) is 29.6 Å². The van der Waals surface area contributed by atoms with Gasteiger partial charge in [0.1, 0.15) is 5.82 Å². The summed E-state index contributed by atoms with van der Waals surface area (Å²) in [6.45, 7) is 7.65. The molecule has 0 radical (unpaired) electrons. The van der Waals surface area contributed by atoms with Gasteiger partial charge in [-0.3, -0.25) is 4.79 Å². The van der Waals surface area contributed by atoms with Crippen LogP contribution in [0.25, 0.3) is 0 Å². The van der Waals surface area contributed by atoms with Crippen LogP contribution in [0.3, 0.4) is 0 Å². The van der Waals surface area contributed by atoms with Gasteiger partial charge in [-0.25, -0.2) is 4.39 Å². The fraction of sp³-hybridized carbons (Fsp3) is 0.500. The molecule has 1 rings (SSSR count). The van der Waals surface area contributed by atoms with Crippen molar-refractivity contribution >= 4 is 18.5 Å². The fourth-order valence-electron chi connectivity index (χ4n) is 1.83. The molecule has 1 amide bonds. The van der Waals surface area contributed by atoms with Crippen LogP contribution in [0.4, 0.5) is 4.39 Å². The molecule has 0 aliphatic heterocycles. The van der Waals surface area contributed by atoms with Crippen LogP contribution in [-0.4, -0.2) is 37.0 Å². The summed E-state index contributed by atoms with van der Waals surface area (Å²) in [6, 6.07) is 4.16. The summed E-state index contributed by atoms with van der Waals surface area (Å²) in [4.78, 5) is 14.3. The first-order chi connectivity index (χ1) is 9.08. The van der Waals surface area contributed by atoms with Crippen LogP contribution in [-0.2, 0) is 0 Å². The molecule has 0 saturated carbocycles. The first-order valence-corrected chi connectivity index (χ1v) is 7.02. The third kappa shape index (κ3) is 5.20. The van der Waals surface area contributed by atoms with Gasteiger partial charge in [-0.05, 0) is 37.7 Å². The maximum atomic E-state index is 13.0. The van der Waals surface area contributed by atoms with Crippen LogP contribution in [0.1, 0.15) is 30.6 Å². The van der Waals surface area contributed by atoms with E-state index in [1.54, 1.807) is 0 Å². The van der Waals surface area contributed by atoms with Crippen LogP contribution in [0, 0.1) is 5.82 Å². The highest BCUT2D eigenvalue weighted by molar-refractivity contribution is 7.80. The normalized spacial score (nSPS) is 10.8. The quantitative estimate of drug-likeness (QED) is 0.754. The van der Waals surface area contributed by atoms with Gasteiger partial charge in [0.25, 0.3) is 5.91 Å². The highest BCUT2D eigenvalue weighted by Crippen LogP contribution is 2.13. The van der Waals surface area contributed by atoms with Gasteiger partial charge in [-0.1, -0.05) is 13.8 Å². The monoisotopic (exact) mass is 284 g/mol. The SMILES string of the molecule is CCCN(CC)CCNC(=O)c1ccc(F)c(S)c1. The van der Waals surface area contributed by atoms with Crippen molar-refractivity contribution in [2.24, 2.45) is 0 Å². The van der Waals surface area contributed by atoms with Gasteiger partial charge in [0.15, 0.2) is 0 Å². The second-order valence-electron chi connectivity index (χ2n) is 4.36. The Morgan fingerprint density at radius 1 is 1.37 bits per heavy atom. The van der Waals surface area contributed by atoms with E-state index in [2.05, 4.69) is 36.7 Å². The van der Waals surface area contributed by atoms with Gasteiger partial charge < -0.3 is 10.2 Å². The smallest absolute Gasteiger partial charge is 0.251 e. The predicted octanol–water partition coefficient (Wildman–Crippen LogP) is 2.58. The molecule has 0 unspecified atom stereocenters. The van der Waals surface area contributed by atoms with Crippen LogP contribution in [0.2, 0.25) is 0 Å². The maximum absolute atomic E-state index is 13.0. The molecule has 1 aromatic carbocycles. The molecule has 0 atom stereocenters. The lowest BCUT2D eigenvalue weighted by Crippen LogP contribution is -2.35. The average molecular weight is 284 g/mol. The first-order valence-electron chi connectivity index (χ1n) is 6.57. The highest BCUT2D eigenvalue weighted by atomic mass is 32.1. The Balaban J connectivity index is 2.44. The van der Waals surface area contributed by atoms with E-state index in [1.165, 1.54) is 18.2 Å². The number of benzene rings is 1. The van der Waals surface area contributed by atoms with Gasteiger partial charge in [0.2, 0.25) is 0 Å². The van der Waals surface area contributed by atoms with Crippen LogP contribution in [0.5, 0.6) is 0 Å². The van der Waals surface area contributed by atoms with Gasteiger partial charge in [-0.2, -0.15) is 0 Å². The Hall–Kier alpha value is -1.07. The third-order valence-corrected chi connectivity index (χ3v) is 3.25. The van der Waals surface area contributed by atoms with Gasteiger partial charge >= 0.3 is 0 Å². The number of nitrogens with zero attached hydrogens (tertiary/aromatic N) is 1. The maximum Gasteiger partial charge on any atom is 0.251 e.